The number of ether oxygens (including phenoxy) is 1. The molecule has 0 saturated carbocycles. The van der Waals surface area contributed by atoms with E-state index in [4.69, 9.17) is 16.3 Å². The van der Waals surface area contributed by atoms with Gasteiger partial charge < -0.3 is 4.74 Å². The molecule has 4 aromatic rings. The first-order chi connectivity index (χ1) is 17.2. The number of aromatic nitrogens is 1. The SMILES string of the molecule is Cc1ccc(N=C2NN(c3ccc4ccccc4n3)C(=O)C2Oc2ccccc2S(C)(=O)=O)c(Cl)c1. The number of benzene rings is 3. The highest BCUT2D eigenvalue weighted by Crippen LogP contribution is 2.30. The van der Waals surface area contributed by atoms with E-state index in [1.165, 1.54) is 17.1 Å². The maximum atomic E-state index is 13.6. The van der Waals surface area contributed by atoms with E-state index >= 15 is 0 Å². The average molecular weight is 521 g/mol. The summed E-state index contributed by atoms with van der Waals surface area (Å²) < 4.78 is 30.6. The van der Waals surface area contributed by atoms with E-state index in [1.807, 2.05) is 43.3 Å². The lowest BCUT2D eigenvalue weighted by atomic mass is 10.2. The second kappa shape index (κ2) is 9.25. The zero-order chi connectivity index (χ0) is 25.4. The summed E-state index contributed by atoms with van der Waals surface area (Å²) in [6.07, 6.45) is -0.186. The molecule has 1 unspecified atom stereocenters. The molecule has 1 aliphatic rings. The molecule has 2 heterocycles. The number of amides is 1. The van der Waals surface area contributed by atoms with Crippen molar-refractivity contribution in [2.24, 2.45) is 4.99 Å². The van der Waals surface area contributed by atoms with Crippen LogP contribution in [-0.4, -0.2) is 37.5 Å². The molecule has 0 spiro atoms. The fourth-order valence-corrected chi connectivity index (χ4v) is 4.90. The Kier molecular flexibility index (Phi) is 6.11. The summed E-state index contributed by atoms with van der Waals surface area (Å²) in [5, 5.41) is 2.55. The van der Waals surface area contributed by atoms with Crippen molar-refractivity contribution < 1.29 is 17.9 Å². The van der Waals surface area contributed by atoms with Crippen molar-refractivity contribution >= 4 is 55.6 Å². The molecule has 1 amide bonds. The molecule has 1 saturated heterocycles. The Morgan fingerprint density at radius 2 is 1.78 bits per heavy atom. The maximum absolute atomic E-state index is 13.6. The number of amidine groups is 1. The Labute approximate surface area is 213 Å². The average Bonchev–Trinajstić information content (AvgIpc) is 3.15. The van der Waals surface area contributed by atoms with Gasteiger partial charge in [0.25, 0.3) is 5.91 Å². The third-order valence-corrected chi connectivity index (χ3v) is 7.01. The van der Waals surface area contributed by atoms with Gasteiger partial charge in [0.15, 0.2) is 21.5 Å². The van der Waals surface area contributed by atoms with Crippen molar-refractivity contribution in [2.75, 3.05) is 11.3 Å². The number of halogens is 1. The molecule has 1 aromatic heterocycles. The van der Waals surface area contributed by atoms with Gasteiger partial charge in [-0.05, 0) is 55.0 Å². The van der Waals surface area contributed by atoms with Gasteiger partial charge in [-0.25, -0.2) is 23.4 Å². The molecule has 5 rings (SSSR count). The summed E-state index contributed by atoms with van der Waals surface area (Å²) in [6, 6.07) is 22.6. The smallest absolute Gasteiger partial charge is 0.296 e. The van der Waals surface area contributed by atoms with Crippen LogP contribution in [0.15, 0.2) is 88.8 Å². The van der Waals surface area contributed by atoms with E-state index in [1.54, 1.807) is 30.3 Å². The first kappa shape index (κ1) is 23.8. The Morgan fingerprint density at radius 1 is 1.03 bits per heavy atom. The zero-order valence-electron chi connectivity index (χ0n) is 19.3. The van der Waals surface area contributed by atoms with Gasteiger partial charge in [-0.3, -0.25) is 10.2 Å². The minimum Gasteiger partial charge on any atom is -0.471 e. The Morgan fingerprint density at radius 3 is 2.56 bits per heavy atom. The van der Waals surface area contributed by atoms with Gasteiger partial charge in [0.2, 0.25) is 6.10 Å². The second-order valence-electron chi connectivity index (χ2n) is 8.32. The lowest BCUT2D eigenvalue weighted by molar-refractivity contribution is -0.121. The molecule has 1 atom stereocenters. The number of aryl methyl sites for hydroxylation is 1. The minimum atomic E-state index is -3.61. The molecule has 0 bridgehead atoms. The van der Waals surface area contributed by atoms with E-state index < -0.39 is 21.8 Å². The predicted octanol–water partition coefficient (Wildman–Crippen LogP) is 4.63. The summed E-state index contributed by atoms with van der Waals surface area (Å²) in [7, 11) is -3.61. The number of aliphatic imine (C=N–C) groups is 1. The van der Waals surface area contributed by atoms with Crippen LogP contribution in [0.1, 0.15) is 5.56 Å². The fraction of sp³-hybridized carbons (Fsp3) is 0.115. The van der Waals surface area contributed by atoms with Gasteiger partial charge in [0.05, 0.1) is 16.2 Å². The summed E-state index contributed by atoms with van der Waals surface area (Å²) >= 11 is 6.39. The van der Waals surface area contributed by atoms with Gasteiger partial charge in [-0.1, -0.05) is 48.0 Å². The van der Waals surface area contributed by atoms with E-state index in [2.05, 4.69) is 15.4 Å². The van der Waals surface area contributed by atoms with Crippen LogP contribution in [-0.2, 0) is 14.6 Å². The highest BCUT2D eigenvalue weighted by Gasteiger charge is 2.42. The molecule has 8 nitrogen and oxygen atoms in total. The molecule has 182 valence electrons. The highest BCUT2D eigenvalue weighted by molar-refractivity contribution is 7.90. The first-order valence-electron chi connectivity index (χ1n) is 11.0. The monoisotopic (exact) mass is 520 g/mol. The largest absolute Gasteiger partial charge is 0.471 e. The number of pyridine rings is 1. The third-order valence-electron chi connectivity index (χ3n) is 5.57. The summed E-state index contributed by atoms with van der Waals surface area (Å²) in [5.74, 6) is 0.00663. The number of nitrogens with one attached hydrogen (secondary N) is 1. The molecule has 3 aromatic carbocycles. The maximum Gasteiger partial charge on any atom is 0.296 e. The third kappa shape index (κ3) is 4.62. The van der Waals surface area contributed by atoms with Crippen molar-refractivity contribution in [1.29, 1.82) is 0 Å². The van der Waals surface area contributed by atoms with Crippen molar-refractivity contribution in [3.8, 4) is 5.75 Å². The molecule has 1 fully saturated rings. The number of sulfone groups is 1. The van der Waals surface area contributed by atoms with Crippen molar-refractivity contribution in [3.63, 3.8) is 0 Å². The highest BCUT2D eigenvalue weighted by atomic mass is 35.5. The van der Waals surface area contributed by atoms with Gasteiger partial charge in [0, 0.05) is 11.6 Å². The van der Waals surface area contributed by atoms with Crippen LogP contribution in [0.2, 0.25) is 5.02 Å². The number of hydrogen-bond acceptors (Lipinski definition) is 6. The molecule has 1 N–H and O–H groups in total. The van der Waals surface area contributed by atoms with Crippen LogP contribution in [0, 0.1) is 6.92 Å². The number of fused-ring (bicyclic) bond motifs is 1. The number of rotatable bonds is 5. The van der Waals surface area contributed by atoms with Gasteiger partial charge in [-0.15, -0.1) is 0 Å². The van der Waals surface area contributed by atoms with Crippen LogP contribution in [0.5, 0.6) is 5.75 Å². The predicted molar refractivity (Wildman–Crippen MR) is 140 cm³/mol. The molecule has 0 aliphatic carbocycles. The number of carbonyl (C=O) groups excluding carboxylic acids is 1. The molecular formula is C26H21ClN4O4S. The molecule has 0 radical (unpaired) electrons. The van der Waals surface area contributed by atoms with Crippen LogP contribution < -0.4 is 15.2 Å². The number of nitrogens with zero attached hydrogens (tertiary/aromatic N) is 3. The number of para-hydroxylation sites is 2. The van der Waals surface area contributed by atoms with Crippen molar-refractivity contribution in [2.45, 2.75) is 17.9 Å². The first-order valence-corrected chi connectivity index (χ1v) is 13.2. The zero-order valence-corrected chi connectivity index (χ0v) is 20.9. The summed E-state index contributed by atoms with van der Waals surface area (Å²) in [6.45, 7) is 1.90. The van der Waals surface area contributed by atoms with E-state index in [-0.39, 0.29) is 16.5 Å². The van der Waals surface area contributed by atoms with Crippen LogP contribution in [0.25, 0.3) is 10.9 Å². The number of hydrazine groups is 1. The number of carbonyl (C=O) groups is 1. The van der Waals surface area contributed by atoms with Gasteiger partial charge >= 0.3 is 0 Å². The van der Waals surface area contributed by atoms with Crippen LogP contribution in [0.3, 0.4) is 0 Å². The number of anilines is 1. The van der Waals surface area contributed by atoms with Gasteiger partial charge in [-0.2, -0.15) is 0 Å². The van der Waals surface area contributed by atoms with Crippen molar-refractivity contribution in [1.82, 2.24) is 10.4 Å². The standard InChI is InChI=1S/C26H21ClN4O4S/c1-16-11-13-20(18(27)15-16)29-25-24(35-21-9-5-6-10-22(21)36(2,33)34)26(32)31(30-25)23-14-12-17-7-3-4-8-19(17)28-23/h3-15,24H,1-2H3,(H,29,30). The Hall–Kier alpha value is -3.95. The van der Waals surface area contributed by atoms with E-state index in [9.17, 15) is 13.2 Å². The van der Waals surface area contributed by atoms with Gasteiger partial charge in [0.1, 0.15) is 10.6 Å². The molecule has 1 aliphatic heterocycles. The minimum absolute atomic E-state index is 0.0344. The van der Waals surface area contributed by atoms with Crippen molar-refractivity contribution in [3.05, 3.63) is 89.4 Å². The molecular weight excluding hydrogens is 500 g/mol. The van der Waals surface area contributed by atoms with Crippen LogP contribution in [0.4, 0.5) is 11.5 Å². The summed E-state index contributed by atoms with van der Waals surface area (Å²) in [4.78, 5) is 22.7. The Balaban J connectivity index is 1.59. The summed E-state index contributed by atoms with van der Waals surface area (Å²) in [5.41, 5.74) is 5.07. The molecule has 10 heteroatoms. The van der Waals surface area contributed by atoms with E-state index in [0.29, 0.717) is 22.0 Å². The second-order valence-corrected chi connectivity index (χ2v) is 10.7. The normalized spacial score (nSPS) is 17.0. The van der Waals surface area contributed by atoms with E-state index in [0.717, 1.165) is 17.2 Å². The lowest BCUT2D eigenvalue weighted by Crippen LogP contribution is -2.37. The molecule has 36 heavy (non-hydrogen) atoms. The topological polar surface area (TPSA) is 101 Å². The van der Waals surface area contributed by atoms with Crippen LogP contribution >= 0.6 is 11.6 Å². The Bertz CT molecular complexity index is 1640. The number of hydrogen-bond donors (Lipinski definition) is 1. The fourth-order valence-electron chi connectivity index (χ4n) is 3.82. The quantitative estimate of drug-likeness (QED) is 0.412. The lowest BCUT2D eigenvalue weighted by Gasteiger charge is -2.16.